The van der Waals surface area contributed by atoms with Gasteiger partial charge in [-0.3, -0.25) is 4.79 Å². The lowest BCUT2D eigenvalue weighted by Gasteiger charge is -2.20. The Hall–Kier alpha value is -0.570. The Morgan fingerprint density at radius 3 is 3.08 bits per heavy atom. The average Bonchev–Trinajstić information content (AvgIpc) is 2.19. The summed E-state index contributed by atoms with van der Waals surface area (Å²) in [5.74, 6) is 0.0891. The van der Waals surface area contributed by atoms with Gasteiger partial charge in [0, 0.05) is 6.54 Å². The van der Waals surface area contributed by atoms with Gasteiger partial charge in [0.05, 0.1) is 12.5 Å². The van der Waals surface area contributed by atoms with Crippen molar-refractivity contribution in [2.75, 3.05) is 19.7 Å². The second kappa shape index (κ2) is 5.97. The third-order valence-corrected chi connectivity index (χ3v) is 2.37. The van der Waals surface area contributed by atoms with Crippen molar-refractivity contribution in [3.05, 3.63) is 0 Å². The summed E-state index contributed by atoms with van der Waals surface area (Å²) in [5, 5.41) is 3.21. The highest BCUT2D eigenvalue weighted by Gasteiger charge is 2.21. The highest BCUT2D eigenvalue weighted by Crippen LogP contribution is 2.11. The van der Waals surface area contributed by atoms with Crippen molar-refractivity contribution in [1.29, 1.82) is 0 Å². The Kier molecular flexibility index (Phi) is 4.83. The van der Waals surface area contributed by atoms with Gasteiger partial charge in [-0.2, -0.15) is 0 Å². The number of hydrogen-bond donors (Lipinski definition) is 1. The van der Waals surface area contributed by atoms with Gasteiger partial charge in [-0.05, 0) is 25.8 Å². The quantitative estimate of drug-likeness (QED) is 0.530. The molecule has 0 amide bonds. The van der Waals surface area contributed by atoms with Crippen LogP contribution in [0.2, 0.25) is 0 Å². The first-order chi connectivity index (χ1) is 6.34. The number of rotatable bonds is 4. The Bertz CT molecular complexity index is 153. The van der Waals surface area contributed by atoms with Crippen LogP contribution in [0.5, 0.6) is 0 Å². The van der Waals surface area contributed by atoms with E-state index in [1.54, 1.807) is 0 Å². The zero-order valence-corrected chi connectivity index (χ0v) is 8.34. The molecule has 0 aliphatic carbocycles. The fourth-order valence-corrected chi connectivity index (χ4v) is 1.49. The van der Waals surface area contributed by atoms with Crippen molar-refractivity contribution in [1.82, 2.24) is 5.32 Å². The van der Waals surface area contributed by atoms with Crippen LogP contribution >= 0.6 is 0 Å². The molecule has 1 heterocycles. The molecule has 1 atom stereocenters. The first-order valence-electron chi connectivity index (χ1n) is 5.22. The molecule has 3 nitrogen and oxygen atoms in total. The average molecular weight is 185 g/mol. The molecule has 1 aliphatic heterocycles. The molecular formula is C10H19NO2. The first-order valence-corrected chi connectivity index (χ1v) is 5.22. The molecule has 1 unspecified atom stereocenters. The van der Waals surface area contributed by atoms with Gasteiger partial charge >= 0.3 is 5.97 Å². The molecular weight excluding hydrogens is 166 g/mol. The van der Waals surface area contributed by atoms with E-state index < -0.39 is 0 Å². The summed E-state index contributed by atoms with van der Waals surface area (Å²) in [7, 11) is 0. The van der Waals surface area contributed by atoms with Gasteiger partial charge < -0.3 is 10.1 Å². The van der Waals surface area contributed by atoms with Crippen LogP contribution in [0.15, 0.2) is 0 Å². The van der Waals surface area contributed by atoms with E-state index in [-0.39, 0.29) is 11.9 Å². The topological polar surface area (TPSA) is 38.3 Å². The second-order valence-corrected chi connectivity index (χ2v) is 3.56. The molecule has 0 saturated carbocycles. The van der Waals surface area contributed by atoms with Crippen LogP contribution in [0.1, 0.15) is 32.6 Å². The summed E-state index contributed by atoms with van der Waals surface area (Å²) >= 11 is 0. The van der Waals surface area contributed by atoms with Crippen molar-refractivity contribution in [2.45, 2.75) is 32.6 Å². The van der Waals surface area contributed by atoms with Crippen LogP contribution in [0, 0.1) is 5.92 Å². The van der Waals surface area contributed by atoms with E-state index in [2.05, 4.69) is 12.2 Å². The molecule has 13 heavy (non-hydrogen) atoms. The normalized spacial score (nSPS) is 22.7. The predicted molar refractivity (Wildman–Crippen MR) is 51.5 cm³/mol. The van der Waals surface area contributed by atoms with E-state index in [4.69, 9.17) is 4.74 Å². The minimum absolute atomic E-state index is 0.0133. The lowest BCUT2D eigenvalue weighted by Crippen LogP contribution is -2.35. The summed E-state index contributed by atoms with van der Waals surface area (Å²) in [6.07, 6.45) is 4.13. The lowest BCUT2D eigenvalue weighted by atomic mass is 10.0. The molecule has 1 rings (SSSR count). The maximum Gasteiger partial charge on any atom is 0.310 e. The third kappa shape index (κ3) is 3.77. The number of carbonyl (C=O) groups excluding carboxylic acids is 1. The largest absolute Gasteiger partial charge is 0.465 e. The Balaban J connectivity index is 2.13. The fourth-order valence-electron chi connectivity index (χ4n) is 1.49. The summed E-state index contributed by atoms with van der Waals surface area (Å²) < 4.78 is 5.14. The first kappa shape index (κ1) is 10.5. The molecule has 3 heteroatoms. The zero-order valence-electron chi connectivity index (χ0n) is 8.34. The minimum Gasteiger partial charge on any atom is -0.465 e. The SMILES string of the molecule is CCCCOC(=O)C1CCCNC1. The molecule has 0 spiro atoms. The number of nitrogens with one attached hydrogen (secondary N) is 1. The van der Waals surface area contributed by atoms with Crippen LogP contribution in [0.3, 0.4) is 0 Å². The molecule has 0 aromatic heterocycles. The van der Waals surface area contributed by atoms with Crippen molar-refractivity contribution in [3.8, 4) is 0 Å². The summed E-state index contributed by atoms with van der Waals surface area (Å²) in [5.41, 5.74) is 0. The van der Waals surface area contributed by atoms with Gasteiger partial charge in [-0.25, -0.2) is 0 Å². The molecule has 0 aromatic rings. The van der Waals surface area contributed by atoms with E-state index in [1.807, 2.05) is 0 Å². The molecule has 0 radical (unpaired) electrons. The summed E-state index contributed by atoms with van der Waals surface area (Å²) in [6.45, 7) is 4.52. The van der Waals surface area contributed by atoms with E-state index in [0.717, 1.165) is 38.8 Å². The van der Waals surface area contributed by atoms with Gasteiger partial charge in [0.1, 0.15) is 0 Å². The number of ether oxygens (including phenoxy) is 1. The lowest BCUT2D eigenvalue weighted by molar-refractivity contribution is -0.149. The van der Waals surface area contributed by atoms with Gasteiger partial charge in [-0.15, -0.1) is 0 Å². The maximum atomic E-state index is 11.4. The van der Waals surface area contributed by atoms with E-state index in [1.165, 1.54) is 0 Å². The Labute approximate surface area is 79.8 Å². The van der Waals surface area contributed by atoms with Crippen LogP contribution in [0.25, 0.3) is 0 Å². The standard InChI is InChI=1S/C10H19NO2/c1-2-3-7-13-10(12)9-5-4-6-11-8-9/h9,11H,2-8H2,1H3. The van der Waals surface area contributed by atoms with Crippen molar-refractivity contribution in [3.63, 3.8) is 0 Å². The van der Waals surface area contributed by atoms with Gasteiger partial charge in [0.2, 0.25) is 0 Å². The minimum atomic E-state index is -0.0133. The molecule has 76 valence electrons. The second-order valence-electron chi connectivity index (χ2n) is 3.56. The summed E-state index contributed by atoms with van der Waals surface area (Å²) in [6, 6.07) is 0. The summed E-state index contributed by atoms with van der Waals surface area (Å²) in [4.78, 5) is 11.4. The fraction of sp³-hybridized carbons (Fsp3) is 0.900. The number of unbranched alkanes of at least 4 members (excludes halogenated alkanes) is 1. The van der Waals surface area contributed by atoms with Gasteiger partial charge in [0.25, 0.3) is 0 Å². The predicted octanol–water partition coefficient (Wildman–Crippen LogP) is 1.33. The highest BCUT2D eigenvalue weighted by molar-refractivity contribution is 5.72. The van der Waals surface area contributed by atoms with Crippen LogP contribution in [-0.2, 0) is 9.53 Å². The Morgan fingerprint density at radius 1 is 1.62 bits per heavy atom. The van der Waals surface area contributed by atoms with E-state index >= 15 is 0 Å². The van der Waals surface area contributed by atoms with Crippen LogP contribution in [0.4, 0.5) is 0 Å². The molecule has 0 aromatic carbocycles. The van der Waals surface area contributed by atoms with E-state index in [0.29, 0.717) is 6.61 Å². The molecule has 1 fully saturated rings. The Morgan fingerprint density at radius 2 is 2.46 bits per heavy atom. The van der Waals surface area contributed by atoms with Gasteiger partial charge in [0.15, 0.2) is 0 Å². The number of esters is 1. The maximum absolute atomic E-state index is 11.4. The monoisotopic (exact) mass is 185 g/mol. The zero-order chi connectivity index (χ0) is 9.52. The molecule has 1 N–H and O–H groups in total. The van der Waals surface area contributed by atoms with Crippen molar-refractivity contribution < 1.29 is 9.53 Å². The molecule has 1 aliphatic rings. The third-order valence-electron chi connectivity index (χ3n) is 2.37. The van der Waals surface area contributed by atoms with Crippen LogP contribution < -0.4 is 5.32 Å². The number of hydrogen-bond acceptors (Lipinski definition) is 3. The highest BCUT2D eigenvalue weighted by atomic mass is 16.5. The molecule has 1 saturated heterocycles. The van der Waals surface area contributed by atoms with E-state index in [9.17, 15) is 4.79 Å². The number of piperidine rings is 1. The van der Waals surface area contributed by atoms with Crippen LogP contribution in [-0.4, -0.2) is 25.7 Å². The van der Waals surface area contributed by atoms with Crippen molar-refractivity contribution in [2.24, 2.45) is 5.92 Å². The molecule has 0 bridgehead atoms. The van der Waals surface area contributed by atoms with Crippen molar-refractivity contribution >= 4 is 5.97 Å². The van der Waals surface area contributed by atoms with Gasteiger partial charge in [-0.1, -0.05) is 13.3 Å². The smallest absolute Gasteiger partial charge is 0.310 e. The number of carbonyl (C=O) groups is 1.